The van der Waals surface area contributed by atoms with Crippen molar-refractivity contribution in [3.8, 4) is 0 Å². The monoisotopic (exact) mass is 412 g/mol. The van der Waals surface area contributed by atoms with Gasteiger partial charge in [-0.25, -0.2) is 4.98 Å². The number of furan rings is 1. The van der Waals surface area contributed by atoms with Gasteiger partial charge in [0.25, 0.3) is 5.91 Å². The lowest BCUT2D eigenvalue weighted by Crippen LogP contribution is -2.47. The fraction of sp³-hybridized carbons (Fsp3) is 0.381. The molecule has 0 radical (unpaired) electrons. The van der Waals surface area contributed by atoms with Crippen LogP contribution in [0.5, 0.6) is 0 Å². The number of hydrogen-bond donors (Lipinski definition) is 1. The SMILES string of the molecule is CSCc1nc2ccccc2n1CC(=O)NC1CCN(C(=O)c2ccco2)CC1. The van der Waals surface area contributed by atoms with Crippen molar-refractivity contribution in [2.75, 3.05) is 19.3 Å². The molecule has 3 heterocycles. The van der Waals surface area contributed by atoms with Gasteiger partial charge in [-0.3, -0.25) is 9.59 Å². The Labute approximate surface area is 173 Å². The molecule has 2 amide bonds. The number of imidazole rings is 1. The first-order chi connectivity index (χ1) is 14.2. The van der Waals surface area contributed by atoms with E-state index in [0.29, 0.717) is 18.8 Å². The van der Waals surface area contributed by atoms with Crippen molar-refractivity contribution in [2.45, 2.75) is 31.2 Å². The lowest BCUT2D eigenvalue weighted by atomic mass is 10.0. The number of carbonyl (C=O) groups excluding carboxylic acids is 2. The number of para-hydroxylation sites is 2. The second-order valence-corrected chi connectivity index (χ2v) is 8.01. The molecule has 8 heteroatoms. The van der Waals surface area contributed by atoms with Crippen LogP contribution < -0.4 is 5.32 Å². The van der Waals surface area contributed by atoms with E-state index in [1.165, 1.54) is 6.26 Å². The molecule has 1 aliphatic heterocycles. The number of nitrogens with one attached hydrogen (secondary N) is 1. The summed E-state index contributed by atoms with van der Waals surface area (Å²) in [6.45, 7) is 1.47. The van der Waals surface area contributed by atoms with E-state index in [-0.39, 0.29) is 24.4 Å². The van der Waals surface area contributed by atoms with Gasteiger partial charge in [0.2, 0.25) is 5.91 Å². The summed E-state index contributed by atoms with van der Waals surface area (Å²) in [5.41, 5.74) is 1.89. The Kier molecular flexibility index (Phi) is 5.89. The third-order valence-corrected chi connectivity index (χ3v) is 5.73. The molecule has 152 valence electrons. The van der Waals surface area contributed by atoms with Gasteiger partial charge in [-0.1, -0.05) is 12.1 Å². The maximum atomic E-state index is 12.7. The number of hydrogen-bond acceptors (Lipinski definition) is 5. The molecular formula is C21H24N4O3S. The molecule has 0 spiro atoms. The van der Waals surface area contributed by atoms with Crippen molar-refractivity contribution in [3.63, 3.8) is 0 Å². The molecule has 0 aliphatic carbocycles. The quantitative estimate of drug-likeness (QED) is 0.673. The van der Waals surface area contributed by atoms with E-state index in [9.17, 15) is 9.59 Å². The second-order valence-electron chi connectivity index (χ2n) is 7.15. The van der Waals surface area contributed by atoms with Crippen LogP contribution in [0.4, 0.5) is 0 Å². The Morgan fingerprint density at radius 3 is 2.72 bits per heavy atom. The number of benzene rings is 1. The molecule has 0 bridgehead atoms. The molecule has 1 aliphatic rings. The first kappa shape index (κ1) is 19.6. The van der Waals surface area contributed by atoms with Crippen LogP contribution in [0.1, 0.15) is 29.2 Å². The molecule has 0 atom stereocenters. The van der Waals surface area contributed by atoms with Crippen LogP contribution >= 0.6 is 11.8 Å². The summed E-state index contributed by atoms with van der Waals surface area (Å²) < 4.78 is 7.19. The van der Waals surface area contributed by atoms with Crippen LogP contribution in [-0.4, -0.2) is 51.7 Å². The molecule has 2 aromatic heterocycles. The number of likely N-dealkylation sites (tertiary alicyclic amines) is 1. The van der Waals surface area contributed by atoms with Crippen molar-refractivity contribution in [1.29, 1.82) is 0 Å². The molecule has 4 rings (SSSR count). The van der Waals surface area contributed by atoms with Crippen molar-refractivity contribution in [2.24, 2.45) is 0 Å². The van der Waals surface area contributed by atoms with Gasteiger partial charge in [0.1, 0.15) is 12.4 Å². The Balaban J connectivity index is 1.36. The lowest BCUT2D eigenvalue weighted by molar-refractivity contribution is -0.122. The Hall–Kier alpha value is -2.74. The minimum absolute atomic E-state index is 0.0219. The Morgan fingerprint density at radius 1 is 1.21 bits per heavy atom. The van der Waals surface area contributed by atoms with Gasteiger partial charge >= 0.3 is 0 Å². The van der Waals surface area contributed by atoms with Gasteiger partial charge in [-0.05, 0) is 43.4 Å². The van der Waals surface area contributed by atoms with E-state index in [1.807, 2.05) is 35.1 Å². The fourth-order valence-corrected chi connectivity index (χ4v) is 4.22. The van der Waals surface area contributed by atoms with Gasteiger partial charge in [-0.2, -0.15) is 11.8 Å². The van der Waals surface area contributed by atoms with Crippen LogP contribution in [0.2, 0.25) is 0 Å². The number of fused-ring (bicyclic) bond motifs is 1. The molecule has 1 N–H and O–H groups in total. The summed E-state index contributed by atoms with van der Waals surface area (Å²) in [7, 11) is 0. The molecule has 29 heavy (non-hydrogen) atoms. The highest BCUT2D eigenvalue weighted by Crippen LogP contribution is 2.19. The predicted octanol–water partition coefficient (Wildman–Crippen LogP) is 2.91. The number of rotatable bonds is 6. The summed E-state index contributed by atoms with van der Waals surface area (Å²) in [4.78, 5) is 31.5. The standard InChI is InChI=1S/C21H24N4O3S/c1-29-14-19-23-16-5-2-3-6-17(16)25(19)13-20(26)22-15-8-10-24(11-9-15)21(27)18-7-4-12-28-18/h2-7,12,15H,8-11,13-14H2,1H3,(H,22,26). The highest BCUT2D eigenvalue weighted by atomic mass is 32.2. The maximum absolute atomic E-state index is 12.7. The zero-order chi connectivity index (χ0) is 20.2. The molecule has 0 saturated carbocycles. The van der Waals surface area contributed by atoms with E-state index in [4.69, 9.17) is 4.42 Å². The number of amides is 2. The predicted molar refractivity (Wildman–Crippen MR) is 113 cm³/mol. The normalized spacial score (nSPS) is 15.0. The number of aromatic nitrogens is 2. The molecule has 1 fully saturated rings. The number of carbonyl (C=O) groups is 2. The number of thioether (sulfide) groups is 1. The Morgan fingerprint density at radius 2 is 2.00 bits per heavy atom. The van der Waals surface area contributed by atoms with Gasteiger partial charge in [-0.15, -0.1) is 0 Å². The molecule has 0 unspecified atom stereocenters. The summed E-state index contributed by atoms with van der Waals surface area (Å²) in [5, 5.41) is 3.13. The molecule has 1 saturated heterocycles. The van der Waals surface area contributed by atoms with Crippen molar-refractivity contribution in [3.05, 3.63) is 54.2 Å². The van der Waals surface area contributed by atoms with Gasteiger partial charge < -0.3 is 19.2 Å². The summed E-state index contributed by atoms with van der Waals surface area (Å²) >= 11 is 1.69. The highest BCUT2D eigenvalue weighted by molar-refractivity contribution is 7.97. The third kappa shape index (κ3) is 4.32. The molecular weight excluding hydrogens is 388 g/mol. The topological polar surface area (TPSA) is 80.4 Å². The average molecular weight is 413 g/mol. The third-order valence-electron chi connectivity index (χ3n) is 5.19. The smallest absolute Gasteiger partial charge is 0.289 e. The summed E-state index contributed by atoms with van der Waals surface area (Å²) in [6, 6.07) is 11.4. The average Bonchev–Trinajstić information content (AvgIpc) is 3.37. The zero-order valence-corrected chi connectivity index (χ0v) is 17.2. The highest BCUT2D eigenvalue weighted by Gasteiger charge is 2.26. The molecule has 1 aromatic carbocycles. The fourth-order valence-electron chi connectivity index (χ4n) is 3.74. The van der Waals surface area contributed by atoms with E-state index in [1.54, 1.807) is 28.8 Å². The van der Waals surface area contributed by atoms with Gasteiger partial charge in [0.15, 0.2) is 5.76 Å². The van der Waals surface area contributed by atoms with Gasteiger partial charge in [0, 0.05) is 19.1 Å². The van der Waals surface area contributed by atoms with Crippen LogP contribution in [0.3, 0.4) is 0 Å². The number of piperidine rings is 1. The van der Waals surface area contributed by atoms with E-state index >= 15 is 0 Å². The molecule has 7 nitrogen and oxygen atoms in total. The van der Waals surface area contributed by atoms with Crippen LogP contribution in [0, 0.1) is 0 Å². The minimum atomic E-state index is -0.0913. The van der Waals surface area contributed by atoms with Crippen molar-refractivity contribution < 1.29 is 14.0 Å². The van der Waals surface area contributed by atoms with Crippen molar-refractivity contribution >= 4 is 34.6 Å². The summed E-state index contributed by atoms with van der Waals surface area (Å²) in [6.07, 6.45) is 5.01. The molecule has 3 aromatic rings. The zero-order valence-electron chi connectivity index (χ0n) is 16.3. The minimum Gasteiger partial charge on any atom is -0.459 e. The first-order valence-corrected chi connectivity index (χ1v) is 11.1. The van der Waals surface area contributed by atoms with Crippen molar-refractivity contribution in [1.82, 2.24) is 19.8 Å². The van der Waals surface area contributed by atoms with Crippen LogP contribution in [-0.2, 0) is 17.1 Å². The van der Waals surface area contributed by atoms with E-state index in [0.717, 1.165) is 35.5 Å². The maximum Gasteiger partial charge on any atom is 0.289 e. The van der Waals surface area contributed by atoms with Gasteiger partial charge in [0.05, 0.1) is 23.0 Å². The van der Waals surface area contributed by atoms with E-state index < -0.39 is 0 Å². The first-order valence-electron chi connectivity index (χ1n) is 9.71. The largest absolute Gasteiger partial charge is 0.459 e. The Bertz CT molecular complexity index is 991. The van der Waals surface area contributed by atoms with Crippen LogP contribution in [0.25, 0.3) is 11.0 Å². The lowest BCUT2D eigenvalue weighted by Gasteiger charge is -2.32. The summed E-state index contributed by atoms with van der Waals surface area (Å²) in [5.74, 6) is 1.92. The second kappa shape index (κ2) is 8.73. The number of nitrogens with zero attached hydrogens (tertiary/aromatic N) is 3. The van der Waals surface area contributed by atoms with E-state index in [2.05, 4.69) is 10.3 Å². The van der Waals surface area contributed by atoms with Crippen LogP contribution in [0.15, 0.2) is 47.1 Å².